The van der Waals surface area contributed by atoms with E-state index in [0.29, 0.717) is 11.3 Å². The largest absolute Gasteiger partial charge is 0.497 e. The Balaban J connectivity index is 0.00000169. The quantitative estimate of drug-likeness (QED) is 0.616. The Morgan fingerprint density at radius 2 is 2.21 bits per heavy atom. The van der Waals surface area contributed by atoms with Gasteiger partial charge in [0.05, 0.1) is 12.0 Å². The molecule has 0 bridgehead atoms. The highest BCUT2D eigenvalue weighted by Gasteiger charge is 2.12. The highest BCUT2D eigenvalue weighted by molar-refractivity contribution is 5.85. The van der Waals surface area contributed by atoms with Crippen LogP contribution in [0.25, 0.3) is 0 Å². The Labute approximate surface area is 87.4 Å². The molecule has 0 aliphatic carbocycles. The van der Waals surface area contributed by atoms with Crippen LogP contribution in [-0.4, -0.2) is 12.0 Å². The van der Waals surface area contributed by atoms with Gasteiger partial charge >= 0.3 is 0 Å². The highest BCUT2D eigenvalue weighted by Crippen LogP contribution is 2.23. The first-order valence-corrected chi connectivity index (χ1v) is 3.70. The van der Waals surface area contributed by atoms with Crippen molar-refractivity contribution in [1.29, 1.82) is 0 Å². The summed E-state index contributed by atoms with van der Waals surface area (Å²) in [4.78, 5) is 10.0. The standard InChI is InChI=1S/C8H10N2O3.ClH/c1-13-7-2-3-8(10(11)12)6(4-7)5-9;/h2-4H,5,9H2,1H3;1H. The van der Waals surface area contributed by atoms with Gasteiger partial charge in [-0.1, -0.05) is 0 Å². The smallest absolute Gasteiger partial charge is 0.274 e. The summed E-state index contributed by atoms with van der Waals surface area (Å²) >= 11 is 0. The second-order valence-electron chi connectivity index (χ2n) is 2.46. The van der Waals surface area contributed by atoms with Crippen LogP contribution in [-0.2, 0) is 6.54 Å². The van der Waals surface area contributed by atoms with Crippen LogP contribution in [0.2, 0.25) is 0 Å². The predicted octanol–water partition coefficient (Wildman–Crippen LogP) is 1.48. The Bertz CT molecular complexity index is 330. The Morgan fingerprint density at radius 1 is 1.57 bits per heavy atom. The second-order valence-corrected chi connectivity index (χ2v) is 2.46. The molecule has 0 fully saturated rings. The summed E-state index contributed by atoms with van der Waals surface area (Å²) in [5.41, 5.74) is 5.86. The van der Waals surface area contributed by atoms with E-state index in [0.717, 1.165) is 0 Å². The number of nitrogens with zero attached hydrogens (tertiary/aromatic N) is 1. The van der Waals surface area contributed by atoms with E-state index < -0.39 is 4.92 Å². The SMILES string of the molecule is COc1ccc([N+](=O)[O-])c(CN)c1.Cl. The molecule has 5 nitrogen and oxygen atoms in total. The van der Waals surface area contributed by atoms with Crippen molar-refractivity contribution in [3.8, 4) is 5.75 Å². The maximum atomic E-state index is 10.5. The molecular formula is C8H11ClN2O3. The summed E-state index contributed by atoms with van der Waals surface area (Å²) in [6, 6.07) is 4.50. The third kappa shape index (κ3) is 2.58. The number of rotatable bonds is 3. The molecule has 0 radical (unpaired) electrons. The van der Waals surface area contributed by atoms with Gasteiger partial charge < -0.3 is 10.5 Å². The summed E-state index contributed by atoms with van der Waals surface area (Å²) in [7, 11) is 1.50. The molecule has 0 spiro atoms. The summed E-state index contributed by atoms with van der Waals surface area (Å²) in [5, 5.41) is 10.5. The maximum Gasteiger partial charge on any atom is 0.274 e. The topological polar surface area (TPSA) is 78.4 Å². The van der Waals surface area contributed by atoms with Gasteiger partial charge in [0.15, 0.2) is 0 Å². The number of nitrogens with two attached hydrogens (primary N) is 1. The summed E-state index contributed by atoms with van der Waals surface area (Å²) in [5.74, 6) is 0.575. The number of ether oxygens (including phenoxy) is 1. The zero-order valence-corrected chi connectivity index (χ0v) is 8.41. The van der Waals surface area contributed by atoms with Crippen LogP contribution in [0.3, 0.4) is 0 Å². The first-order valence-electron chi connectivity index (χ1n) is 3.70. The van der Waals surface area contributed by atoms with E-state index >= 15 is 0 Å². The number of hydrogen-bond donors (Lipinski definition) is 1. The first-order chi connectivity index (χ1) is 6.19. The van der Waals surface area contributed by atoms with Crippen LogP contribution in [0, 0.1) is 10.1 Å². The number of hydrogen-bond acceptors (Lipinski definition) is 4. The molecule has 0 amide bonds. The number of nitro groups is 1. The fraction of sp³-hybridized carbons (Fsp3) is 0.250. The molecule has 0 atom stereocenters. The predicted molar refractivity (Wildman–Crippen MR) is 54.8 cm³/mol. The summed E-state index contributed by atoms with van der Waals surface area (Å²) in [6.07, 6.45) is 0. The van der Waals surface area contributed by atoms with Crippen molar-refractivity contribution in [2.45, 2.75) is 6.54 Å². The molecule has 0 aromatic heterocycles. The fourth-order valence-corrected chi connectivity index (χ4v) is 1.03. The van der Waals surface area contributed by atoms with E-state index in [1.807, 2.05) is 0 Å². The number of nitro benzene ring substituents is 1. The molecule has 0 heterocycles. The molecule has 1 aromatic carbocycles. The third-order valence-corrected chi connectivity index (χ3v) is 1.70. The summed E-state index contributed by atoms with van der Waals surface area (Å²) < 4.78 is 4.91. The van der Waals surface area contributed by atoms with Gasteiger partial charge in [0, 0.05) is 18.2 Å². The van der Waals surface area contributed by atoms with E-state index in [1.165, 1.54) is 19.2 Å². The van der Waals surface area contributed by atoms with Crippen molar-refractivity contribution < 1.29 is 9.66 Å². The van der Waals surface area contributed by atoms with Crippen LogP contribution >= 0.6 is 12.4 Å². The molecule has 2 N–H and O–H groups in total. The van der Waals surface area contributed by atoms with Gasteiger partial charge in [-0.2, -0.15) is 0 Å². The molecule has 0 saturated carbocycles. The number of halogens is 1. The van der Waals surface area contributed by atoms with Crippen molar-refractivity contribution in [1.82, 2.24) is 0 Å². The van der Waals surface area contributed by atoms with E-state index in [1.54, 1.807) is 6.07 Å². The molecule has 1 rings (SSSR count). The van der Waals surface area contributed by atoms with Crippen LogP contribution in [0.5, 0.6) is 5.75 Å². The van der Waals surface area contributed by atoms with Crippen LogP contribution < -0.4 is 10.5 Å². The van der Waals surface area contributed by atoms with E-state index in [2.05, 4.69) is 0 Å². The van der Waals surface area contributed by atoms with Gasteiger partial charge in [-0.25, -0.2) is 0 Å². The molecule has 1 aromatic rings. The van der Waals surface area contributed by atoms with Crippen molar-refractivity contribution in [3.63, 3.8) is 0 Å². The van der Waals surface area contributed by atoms with Crippen molar-refractivity contribution in [2.24, 2.45) is 5.73 Å². The number of methoxy groups -OCH3 is 1. The van der Waals surface area contributed by atoms with E-state index in [4.69, 9.17) is 10.5 Å². The molecule has 0 aliphatic rings. The van der Waals surface area contributed by atoms with Crippen LogP contribution in [0.1, 0.15) is 5.56 Å². The lowest BCUT2D eigenvalue weighted by Crippen LogP contribution is -2.02. The lowest BCUT2D eigenvalue weighted by Gasteiger charge is -2.02. The van der Waals surface area contributed by atoms with Crippen molar-refractivity contribution in [3.05, 3.63) is 33.9 Å². The average Bonchev–Trinajstić information content (AvgIpc) is 2.16. The van der Waals surface area contributed by atoms with Gasteiger partial charge in [-0.3, -0.25) is 10.1 Å². The average molecular weight is 219 g/mol. The minimum Gasteiger partial charge on any atom is -0.497 e. The zero-order chi connectivity index (χ0) is 9.84. The minimum atomic E-state index is -0.457. The zero-order valence-electron chi connectivity index (χ0n) is 7.60. The van der Waals surface area contributed by atoms with E-state index in [-0.39, 0.29) is 24.6 Å². The van der Waals surface area contributed by atoms with Gasteiger partial charge in [-0.05, 0) is 12.1 Å². The lowest BCUT2D eigenvalue weighted by molar-refractivity contribution is -0.385. The fourth-order valence-electron chi connectivity index (χ4n) is 1.03. The summed E-state index contributed by atoms with van der Waals surface area (Å²) in [6.45, 7) is 0.132. The normalized spacial score (nSPS) is 9.00. The van der Waals surface area contributed by atoms with Gasteiger partial charge in [-0.15, -0.1) is 12.4 Å². The van der Waals surface area contributed by atoms with Gasteiger partial charge in [0.2, 0.25) is 0 Å². The first kappa shape index (κ1) is 12.7. The van der Waals surface area contributed by atoms with Gasteiger partial charge in [0.25, 0.3) is 5.69 Å². The third-order valence-electron chi connectivity index (χ3n) is 1.70. The molecule has 0 aliphatic heterocycles. The molecule has 0 unspecified atom stereocenters. The van der Waals surface area contributed by atoms with E-state index in [9.17, 15) is 10.1 Å². The molecule has 6 heteroatoms. The Morgan fingerprint density at radius 3 is 2.64 bits per heavy atom. The lowest BCUT2D eigenvalue weighted by atomic mass is 10.2. The number of benzene rings is 1. The second kappa shape index (κ2) is 5.41. The highest BCUT2D eigenvalue weighted by atomic mass is 35.5. The van der Waals surface area contributed by atoms with Crippen molar-refractivity contribution >= 4 is 18.1 Å². The van der Waals surface area contributed by atoms with Crippen molar-refractivity contribution in [2.75, 3.05) is 7.11 Å². The van der Waals surface area contributed by atoms with Crippen LogP contribution in [0.4, 0.5) is 5.69 Å². The molecule has 0 saturated heterocycles. The van der Waals surface area contributed by atoms with Crippen LogP contribution in [0.15, 0.2) is 18.2 Å². The molecule has 14 heavy (non-hydrogen) atoms. The Hall–Kier alpha value is -1.33. The maximum absolute atomic E-state index is 10.5. The minimum absolute atomic E-state index is 0. The molecule has 78 valence electrons. The molecular weight excluding hydrogens is 208 g/mol. The Kier molecular flexibility index (Phi) is 4.90. The van der Waals surface area contributed by atoms with Gasteiger partial charge in [0.1, 0.15) is 5.75 Å². The monoisotopic (exact) mass is 218 g/mol.